The Balaban J connectivity index is 1.20. The number of carbonyl (C=O) groups excluding carboxylic acids is 1. The first-order valence-electron chi connectivity index (χ1n) is 17.3. The maximum atomic E-state index is 12.8. The molecule has 2 N–H and O–H groups in total. The lowest BCUT2D eigenvalue weighted by Crippen LogP contribution is -2.62. The zero-order valence-electron chi connectivity index (χ0n) is 26.4. The number of aliphatic hydroxyl groups is 2. The molecule has 4 saturated carbocycles. The normalized spacial score (nSPS) is 44.3. The summed E-state index contributed by atoms with van der Waals surface area (Å²) < 4.78 is 27.2. The van der Waals surface area contributed by atoms with Gasteiger partial charge in [0.05, 0.1) is 12.2 Å². The number of aliphatic hydroxyl groups excluding tert-OH is 2. The lowest BCUT2D eigenvalue weighted by atomic mass is 9.41. The second-order valence-electron chi connectivity index (χ2n) is 15.6. The molecular weight excluding hydrogens is 534 g/mol. The molecule has 41 heavy (non-hydrogen) atoms. The van der Waals surface area contributed by atoms with Crippen molar-refractivity contribution in [2.45, 2.75) is 136 Å². The Morgan fingerprint density at radius 3 is 2.27 bits per heavy atom. The highest BCUT2D eigenvalue weighted by atomic mass is 32.2. The molecule has 0 bridgehead atoms. The average molecular weight is 594 g/mol. The van der Waals surface area contributed by atoms with Crippen LogP contribution in [0.5, 0.6) is 0 Å². The zero-order chi connectivity index (χ0) is 29.6. The van der Waals surface area contributed by atoms with Crippen molar-refractivity contribution in [3.05, 3.63) is 0 Å². The van der Waals surface area contributed by atoms with Gasteiger partial charge in [0.15, 0.2) is 0 Å². The van der Waals surface area contributed by atoms with Gasteiger partial charge < -0.3 is 10.2 Å². The van der Waals surface area contributed by atoms with E-state index < -0.39 is 10.0 Å². The lowest BCUT2D eigenvalue weighted by molar-refractivity contribution is -0.203. The number of carbonyl (C=O) groups is 1. The molecular formula is C34H59NO5S. The molecule has 6 nitrogen and oxygen atoms in total. The van der Waals surface area contributed by atoms with Crippen molar-refractivity contribution in [1.82, 2.24) is 4.31 Å². The smallest absolute Gasteiger partial charge is 0.221 e. The van der Waals surface area contributed by atoms with Crippen LogP contribution in [0.1, 0.15) is 124 Å². The van der Waals surface area contributed by atoms with Crippen molar-refractivity contribution in [3.8, 4) is 0 Å². The largest absolute Gasteiger partial charge is 0.393 e. The summed E-state index contributed by atoms with van der Waals surface area (Å²) in [5, 5.41) is 22.5. The van der Waals surface area contributed by atoms with Gasteiger partial charge in [0.1, 0.15) is 11.5 Å². The summed E-state index contributed by atoms with van der Waals surface area (Å²) in [6.45, 7) is 10.7. The molecule has 1 heterocycles. The Morgan fingerprint density at radius 1 is 0.927 bits per heavy atom. The molecule has 1 aliphatic heterocycles. The first-order valence-corrected chi connectivity index (χ1v) is 18.9. The summed E-state index contributed by atoms with van der Waals surface area (Å²) in [7, 11) is -3.49. The fourth-order valence-corrected chi connectivity index (χ4v) is 13.0. The Hall–Kier alpha value is -0.500. The molecule has 236 valence electrons. The monoisotopic (exact) mass is 593 g/mol. The quantitative estimate of drug-likeness (QED) is 0.332. The molecule has 0 radical (unpaired) electrons. The highest BCUT2D eigenvalue weighted by Gasteiger charge is 2.64. The third-order valence-electron chi connectivity index (χ3n) is 13.6. The van der Waals surface area contributed by atoms with Crippen molar-refractivity contribution < 1.29 is 23.4 Å². The molecule has 11 atom stereocenters. The summed E-state index contributed by atoms with van der Waals surface area (Å²) >= 11 is 0. The van der Waals surface area contributed by atoms with Gasteiger partial charge in [-0.05, 0) is 116 Å². The van der Waals surface area contributed by atoms with Crippen LogP contribution in [0.3, 0.4) is 0 Å². The fraction of sp³-hybridized carbons (Fsp3) is 0.971. The number of hydrogen-bond donors (Lipinski definition) is 2. The lowest BCUT2D eigenvalue weighted by Gasteiger charge is -2.64. The maximum absolute atomic E-state index is 12.8. The van der Waals surface area contributed by atoms with Crippen LogP contribution in [0.4, 0.5) is 0 Å². The van der Waals surface area contributed by atoms with Gasteiger partial charge in [0, 0.05) is 19.5 Å². The second kappa shape index (κ2) is 12.5. The van der Waals surface area contributed by atoms with E-state index in [4.69, 9.17) is 0 Å². The van der Waals surface area contributed by atoms with Crippen molar-refractivity contribution in [2.75, 3.05) is 18.8 Å². The van der Waals surface area contributed by atoms with E-state index in [1.165, 1.54) is 25.7 Å². The Labute approximate surface area is 250 Å². The summed E-state index contributed by atoms with van der Waals surface area (Å²) in [4.78, 5) is 12.8. The highest BCUT2D eigenvalue weighted by Crippen LogP contribution is 2.69. The van der Waals surface area contributed by atoms with Crippen LogP contribution in [-0.4, -0.2) is 59.8 Å². The SMILES string of the molecule is CC[C@H]1[C@@H](O)[C@@H]2[C@H](CC[C@]3(C)[C@@H]([C@H](C)CCCC(=O)CS(=O)(=O)N4CCCCCC4)CC[C@@H]23)[C@@]2(C)CC[C@@H](O)C[C@@H]12. The molecule has 1 saturated heterocycles. The van der Waals surface area contributed by atoms with Crippen LogP contribution in [-0.2, 0) is 14.8 Å². The third-order valence-corrected chi connectivity index (χ3v) is 15.4. The molecule has 0 spiro atoms. The summed E-state index contributed by atoms with van der Waals surface area (Å²) in [5.74, 6) is 2.78. The van der Waals surface area contributed by atoms with Crippen LogP contribution in [0.2, 0.25) is 0 Å². The van der Waals surface area contributed by atoms with E-state index >= 15 is 0 Å². The number of hydrogen-bond acceptors (Lipinski definition) is 5. The van der Waals surface area contributed by atoms with E-state index in [0.29, 0.717) is 55.0 Å². The molecule has 5 aliphatic rings. The first-order chi connectivity index (χ1) is 19.4. The minimum Gasteiger partial charge on any atom is -0.393 e. The van der Waals surface area contributed by atoms with E-state index in [0.717, 1.165) is 64.2 Å². The molecule has 7 heteroatoms. The predicted molar refractivity (Wildman–Crippen MR) is 164 cm³/mol. The Bertz CT molecular complexity index is 1020. The molecule has 0 aromatic rings. The topological polar surface area (TPSA) is 94.9 Å². The van der Waals surface area contributed by atoms with Crippen LogP contribution >= 0.6 is 0 Å². The summed E-state index contributed by atoms with van der Waals surface area (Å²) in [5.41, 5.74) is 0.445. The molecule has 4 aliphatic carbocycles. The molecule has 0 aromatic heterocycles. The second-order valence-corrected chi connectivity index (χ2v) is 17.6. The fourth-order valence-electron chi connectivity index (χ4n) is 11.4. The Morgan fingerprint density at radius 2 is 1.59 bits per heavy atom. The number of ketones is 1. The van der Waals surface area contributed by atoms with E-state index in [9.17, 15) is 23.4 Å². The minimum atomic E-state index is -3.49. The van der Waals surface area contributed by atoms with Gasteiger partial charge >= 0.3 is 0 Å². The first kappa shape index (κ1) is 31.9. The van der Waals surface area contributed by atoms with Gasteiger partial charge in [-0.15, -0.1) is 0 Å². The summed E-state index contributed by atoms with van der Waals surface area (Å²) in [6, 6.07) is 0. The molecule has 5 rings (SSSR count). The van der Waals surface area contributed by atoms with Gasteiger partial charge in [-0.3, -0.25) is 4.79 Å². The number of Topliss-reactive ketones (excluding diaryl/α,β-unsaturated/α-hetero) is 1. The minimum absolute atomic E-state index is 0.131. The van der Waals surface area contributed by atoms with Gasteiger partial charge in [-0.2, -0.15) is 0 Å². The van der Waals surface area contributed by atoms with E-state index in [-0.39, 0.29) is 40.5 Å². The summed E-state index contributed by atoms with van der Waals surface area (Å²) in [6.07, 6.45) is 14.2. The standard InChI is InChI=1S/C34H59NO5S/c1-5-26-30-21-24(36)15-17-34(30,4)29-16-18-33(3)27(13-14-28(33)31(29)32(26)38)23(2)11-10-12-25(37)22-41(39,40)35-19-8-6-7-9-20-35/h23-24,26-32,36,38H,5-22H2,1-4H3/t23-,24-,26-,27-,28+,29+,30+,31+,32-,33-,34-/m1/s1. The highest BCUT2D eigenvalue weighted by molar-refractivity contribution is 7.89. The maximum Gasteiger partial charge on any atom is 0.221 e. The van der Waals surface area contributed by atoms with Crippen molar-refractivity contribution >= 4 is 15.8 Å². The predicted octanol–water partition coefficient (Wildman–Crippen LogP) is 6.19. The van der Waals surface area contributed by atoms with Crippen molar-refractivity contribution in [2.24, 2.45) is 52.3 Å². The van der Waals surface area contributed by atoms with Gasteiger partial charge in [0.2, 0.25) is 10.0 Å². The Kier molecular flexibility index (Phi) is 9.71. The van der Waals surface area contributed by atoms with Crippen LogP contribution in [0, 0.1) is 52.3 Å². The molecule has 0 amide bonds. The number of rotatable bonds is 9. The van der Waals surface area contributed by atoms with Gasteiger partial charge in [-0.25, -0.2) is 12.7 Å². The van der Waals surface area contributed by atoms with E-state index in [1.807, 2.05) is 0 Å². The number of sulfonamides is 1. The van der Waals surface area contributed by atoms with Gasteiger partial charge in [-0.1, -0.05) is 53.4 Å². The van der Waals surface area contributed by atoms with Crippen LogP contribution < -0.4 is 0 Å². The van der Waals surface area contributed by atoms with Crippen molar-refractivity contribution in [3.63, 3.8) is 0 Å². The zero-order valence-corrected chi connectivity index (χ0v) is 27.2. The average Bonchev–Trinajstić information content (AvgIpc) is 3.07. The van der Waals surface area contributed by atoms with Crippen molar-refractivity contribution in [1.29, 1.82) is 0 Å². The molecule has 0 aromatic carbocycles. The molecule has 5 fully saturated rings. The van der Waals surface area contributed by atoms with Gasteiger partial charge in [0.25, 0.3) is 0 Å². The number of fused-ring (bicyclic) bond motifs is 5. The third kappa shape index (κ3) is 5.96. The van der Waals surface area contributed by atoms with Crippen LogP contribution in [0.15, 0.2) is 0 Å². The van der Waals surface area contributed by atoms with Crippen LogP contribution in [0.25, 0.3) is 0 Å². The number of nitrogens with zero attached hydrogens (tertiary/aromatic N) is 1. The van der Waals surface area contributed by atoms with E-state index in [1.54, 1.807) is 4.31 Å². The van der Waals surface area contributed by atoms with E-state index in [2.05, 4.69) is 27.7 Å². The molecule has 0 unspecified atom stereocenters.